The highest BCUT2D eigenvalue weighted by Gasteiger charge is 2.36. The van der Waals surface area contributed by atoms with Gasteiger partial charge in [0.05, 0.1) is 19.3 Å². The Labute approximate surface area is 186 Å². The summed E-state index contributed by atoms with van der Waals surface area (Å²) in [6.45, 7) is 8.33. The van der Waals surface area contributed by atoms with Gasteiger partial charge in [-0.3, -0.25) is 4.99 Å². The first-order valence-corrected chi connectivity index (χ1v) is 11.7. The van der Waals surface area contributed by atoms with E-state index < -0.39 is 0 Å². The molecule has 7 nitrogen and oxygen atoms in total. The predicted molar refractivity (Wildman–Crippen MR) is 121 cm³/mol. The maximum absolute atomic E-state index is 6.02. The molecule has 1 aromatic rings. The van der Waals surface area contributed by atoms with Crippen molar-refractivity contribution in [3.05, 3.63) is 29.8 Å². The topological polar surface area (TPSA) is 64.6 Å². The molecule has 3 saturated heterocycles. The summed E-state index contributed by atoms with van der Waals surface area (Å²) < 4.78 is 23.2. The van der Waals surface area contributed by atoms with Crippen molar-refractivity contribution in [3.63, 3.8) is 0 Å². The van der Waals surface area contributed by atoms with Crippen molar-refractivity contribution >= 4 is 5.96 Å². The van der Waals surface area contributed by atoms with E-state index in [2.05, 4.69) is 39.5 Å². The van der Waals surface area contributed by atoms with Crippen LogP contribution in [0.15, 0.2) is 29.3 Å². The largest absolute Gasteiger partial charge is 0.494 e. The SMILES string of the molecule is CCOc1ccc(C2(CNC(=NC)N3CCOC(C4CCCO4)C3)CCOCC2)cc1. The van der Waals surface area contributed by atoms with Gasteiger partial charge in [0.2, 0.25) is 0 Å². The van der Waals surface area contributed by atoms with Crippen LogP contribution in [0.5, 0.6) is 5.75 Å². The summed E-state index contributed by atoms with van der Waals surface area (Å²) in [6.07, 6.45) is 4.54. The van der Waals surface area contributed by atoms with Gasteiger partial charge < -0.3 is 29.2 Å². The maximum atomic E-state index is 6.02. The first kappa shape index (κ1) is 22.4. The Kier molecular flexibility index (Phi) is 7.69. The van der Waals surface area contributed by atoms with Crippen LogP contribution in [0.2, 0.25) is 0 Å². The van der Waals surface area contributed by atoms with E-state index in [9.17, 15) is 0 Å². The van der Waals surface area contributed by atoms with Gasteiger partial charge in [-0.2, -0.15) is 0 Å². The van der Waals surface area contributed by atoms with Gasteiger partial charge in [0.25, 0.3) is 0 Å². The molecule has 2 unspecified atom stereocenters. The van der Waals surface area contributed by atoms with Crippen molar-refractivity contribution in [2.24, 2.45) is 4.99 Å². The van der Waals surface area contributed by atoms with Crippen LogP contribution in [0.4, 0.5) is 0 Å². The monoisotopic (exact) mass is 431 g/mol. The molecule has 4 rings (SSSR count). The second kappa shape index (κ2) is 10.7. The van der Waals surface area contributed by atoms with E-state index in [1.807, 2.05) is 14.0 Å². The first-order valence-electron chi connectivity index (χ1n) is 11.7. The molecular weight excluding hydrogens is 394 g/mol. The first-order chi connectivity index (χ1) is 15.2. The van der Waals surface area contributed by atoms with E-state index >= 15 is 0 Å². The van der Waals surface area contributed by atoms with Gasteiger partial charge in [-0.15, -0.1) is 0 Å². The van der Waals surface area contributed by atoms with E-state index in [-0.39, 0.29) is 17.6 Å². The maximum Gasteiger partial charge on any atom is 0.193 e. The van der Waals surface area contributed by atoms with Crippen LogP contribution < -0.4 is 10.1 Å². The number of hydrogen-bond donors (Lipinski definition) is 1. The smallest absolute Gasteiger partial charge is 0.193 e. The average Bonchev–Trinajstić information content (AvgIpc) is 3.36. The molecule has 0 aromatic heterocycles. The predicted octanol–water partition coefficient (Wildman–Crippen LogP) is 2.59. The summed E-state index contributed by atoms with van der Waals surface area (Å²) in [5.41, 5.74) is 1.36. The van der Waals surface area contributed by atoms with Crippen molar-refractivity contribution in [2.45, 2.75) is 50.2 Å². The number of rotatable bonds is 6. The Hall–Kier alpha value is -1.83. The molecule has 2 atom stereocenters. The quantitative estimate of drug-likeness (QED) is 0.552. The van der Waals surface area contributed by atoms with E-state index in [4.69, 9.17) is 18.9 Å². The summed E-state index contributed by atoms with van der Waals surface area (Å²) in [4.78, 5) is 6.92. The molecule has 172 valence electrons. The highest BCUT2D eigenvalue weighted by Crippen LogP contribution is 2.35. The van der Waals surface area contributed by atoms with Crippen molar-refractivity contribution in [3.8, 4) is 5.75 Å². The number of nitrogens with one attached hydrogen (secondary N) is 1. The Morgan fingerprint density at radius 3 is 2.58 bits per heavy atom. The van der Waals surface area contributed by atoms with E-state index in [1.165, 1.54) is 5.56 Å². The number of guanidine groups is 1. The van der Waals surface area contributed by atoms with Crippen LogP contribution in [-0.4, -0.2) is 82.8 Å². The molecule has 0 spiro atoms. The van der Waals surface area contributed by atoms with E-state index in [0.29, 0.717) is 13.2 Å². The summed E-state index contributed by atoms with van der Waals surface area (Å²) in [5, 5.41) is 3.69. The Morgan fingerprint density at radius 1 is 1.13 bits per heavy atom. The molecule has 0 bridgehead atoms. The van der Waals surface area contributed by atoms with Crippen LogP contribution in [0.1, 0.15) is 38.2 Å². The molecular formula is C24H37N3O4. The molecule has 7 heteroatoms. The van der Waals surface area contributed by atoms with Gasteiger partial charge in [-0.05, 0) is 50.3 Å². The number of nitrogens with zero attached hydrogens (tertiary/aromatic N) is 2. The minimum atomic E-state index is 0.0270. The Morgan fingerprint density at radius 2 is 1.90 bits per heavy atom. The summed E-state index contributed by atoms with van der Waals surface area (Å²) in [6, 6.07) is 8.59. The van der Waals surface area contributed by atoms with Crippen LogP contribution >= 0.6 is 0 Å². The molecule has 3 heterocycles. The zero-order valence-electron chi connectivity index (χ0n) is 19.0. The summed E-state index contributed by atoms with van der Waals surface area (Å²) in [7, 11) is 1.87. The lowest BCUT2D eigenvalue weighted by Gasteiger charge is -2.41. The number of ether oxygens (including phenoxy) is 4. The molecule has 3 aliphatic heterocycles. The summed E-state index contributed by atoms with van der Waals surface area (Å²) in [5.74, 6) is 1.87. The number of aliphatic imine (C=N–C) groups is 1. The fraction of sp³-hybridized carbons (Fsp3) is 0.708. The van der Waals surface area contributed by atoms with Gasteiger partial charge >= 0.3 is 0 Å². The van der Waals surface area contributed by atoms with Gasteiger partial charge in [0, 0.05) is 51.9 Å². The molecule has 31 heavy (non-hydrogen) atoms. The molecule has 1 N–H and O–H groups in total. The van der Waals surface area contributed by atoms with E-state index in [1.54, 1.807) is 0 Å². The third kappa shape index (κ3) is 5.33. The lowest BCUT2D eigenvalue weighted by molar-refractivity contribution is -0.0817. The molecule has 0 saturated carbocycles. The third-order valence-electron chi connectivity index (χ3n) is 6.80. The van der Waals surface area contributed by atoms with Gasteiger partial charge in [-0.25, -0.2) is 0 Å². The van der Waals surface area contributed by atoms with Crippen LogP contribution in [0.25, 0.3) is 0 Å². The lowest BCUT2D eigenvalue weighted by atomic mass is 9.74. The normalized spacial score (nSPS) is 26.6. The number of benzene rings is 1. The fourth-order valence-electron chi connectivity index (χ4n) is 4.97. The highest BCUT2D eigenvalue weighted by atomic mass is 16.5. The minimum absolute atomic E-state index is 0.0270. The van der Waals surface area contributed by atoms with Crippen LogP contribution in [0.3, 0.4) is 0 Å². The lowest BCUT2D eigenvalue weighted by Crippen LogP contribution is -2.55. The molecule has 0 amide bonds. The zero-order chi connectivity index (χ0) is 21.5. The third-order valence-corrected chi connectivity index (χ3v) is 6.80. The second-order valence-corrected chi connectivity index (χ2v) is 8.66. The van der Waals surface area contributed by atoms with Crippen molar-refractivity contribution < 1.29 is 18.9 Å². The summed E-state index contributed by atoms with van der Waals surface area (Å²) >= 11 is 0. The minimum Gasteiger partial charge on any atom is -0.494 e. The van der Waals surface area contributed by atoms with Gasteiger partial charge in [0.1, 0.15) is 11.9 Å². The van der Waals surface area contributed by atoms with Crippen LogP contribution in [0, 0.1) is 0 Å². The molecule has 3 aliphatic rings. The van der Waals surface area contributed by atoms with Crippen LogP contribution in [-0.2, 0) is 19.6 Å². The zero-order valence-corrected chi connectivity index (χ0v) is 19.0. The second-order valence-electron chi connectivity index (χ2n) is 8.66. The molecule has 0 aliphatic carbocycles. The number of hydrogen-bond acceptors (Lipinski definition) is 5. The van der Waals surface area contributed by atoms with E-state index in [0.717, 1.165) is 76.8 Å². The highest BCUT2D eigenvalue weighted by molar-refractivity contribution is 5.80. The van der Waals surface area contributed by atoms with Gasteiger partial charge in [0.15, 0.2) is 5.96 Å². The number of morpholine rings is 1. The average molecular weight is 432 g/mol. The van der Waals surface area contributed by atoms with Crippen molar-refractivity contribution in [1.82, 2.24) is 10.2 Å². The Balaban J connectivity index is 1.43. The van der Waals surface area contributed by atoms with Crippen molar-refractivity contribution in [1.29, 1.82) is 0 Å². The fourth-order valence-corrected chi connectivity index (χ4v) is 4.97. The van der Waals surface area contributed by atoms with Crippen molar-refractivity contribution in [2.75, 3.05) is 59.7 Å². The standard InChI is InChI=1S/C24H37N3O4/c1-3-29-20-8-6-19(7-9-20)24(10-14-28-15-11-24)18-26-23(25-2)27-12-16-31-22(17-27)21-5-4-13-30-21/h6-9,21-22H,3-5,10-18H2,1-2H3,(H,25,26). The molecule has 3 fully saturated rings. The van der Waals surface area contributed by atoms with Gasteiger partial charge in [-0.1, -0.05) is 12.1 Å². The molecule has 1 aromatic carbocycles. The Bertz CT molecular complexity index is 712. The molecule has 0 radical (unpaired) electrons.